The van der Waals surface area contributed by atoms with Gasteiger partial charge in [0.1, 0.15) is 0 Å². The van der Waals surface area contributed by atoms with Gasteiger partial charge in [-0.05, 0) is 0 Å². The Hall–Kier alpha value is 1.30. The van der Waals surface area contributed by atoms with E-state index in [1.807, 2.05) is 0 Å². The summed E-state index contributed by atoms with van der Waals surface area (Å²) in [6, 6.07) is 0. The smallest absolute Gasteiger partial charge is 0 e. The minimum absolute atomic E-state index is 0. The predicted molar refractivity (Wildman–Crippen MR) is 25.0 cm³/mol. The van der Waals surface area contributed by atoms with Gasteiger partial charge in [-0.2, -0.15) is 0 Å². The maximum atomic E-state index is 9.00. The molecule has 2 nitrogen and oxygen atoms in total. The Bertz CT molecular complexity index is 47.3. The molecule has 1 N–H and O–H groups in total. The van der Waals surface area contributed by atoms with Gasteiger partial charge in [-0.1, -0.05) is 0 Å². The van der Waals surface area contributed by atoms with Crippen LogP contribution in [0, 0.1) is 0 Å². The summed E-state index contributed by atoms with van der Waals surface area (Å²) in [6.07, 6.45) is 0. The molecule has 0 bridgehead atoms. The van der Waals surface area contributed by atoms with E-state index >= 15 is 0 Å². The van der Waals surface area contributed by atoms with E-state index in [0.717, 1.165) is 6.92 Å². The molecule has 42 valence electrons. The Morgan fingerprint density at radius 2 is 1.62 bits per heavy atom. The van der Waals surface area contributed by atoms with Gasteiger partial charge in [0.05, 0.1) is 0 Å². The summed E-state index contributed by atoms with van der Waals surface area (Å²) in [5, 5.41) is 7.42. The molecule has 0 aromatic rings. The zero-order chi connectivity index (χ0) is 6.28. The topological polar surface area (TPSA) is 37.3 Å². The van der Waals surface area contributed by atoms with Crippen molar-refractivity contribution in [2.45, 2.75) is 6.92 Å². The molecule has 0 fully saturated rings. The van der Waals surface area contributed by atoms with Gasteiger partial charge < -0.3 is 5.11 Å². The van der Waals surface area contributed by atoms with Crippen molar-refractivity contribution in [1.29, 1.82) is 0 Å². The van der Waals surface area contributed by atoms with Gasteiger partial charge in [-0.15, -0.1) is 0 Å². The molecule has 0 aliphatic carbocycles. The van der Waals surface area contributed by atoms with Crippen LogP contribution in [0.2, 0.25) is 0 Å². The van der Waals surface area contributed by atoms with Crippen molar-refractivity contribution >= 4 is 25.4 Å². The van der Waals surface area contributed by atoms with Crippen LogP contribution in [0.4, 0.5) is 0 Å². The van der Waals surface area contributed by atoms with Crippen LogP contribution in [0.5, 0.6) is 0 Å². The molecular weight excluding hydrogens is 258 g/mol. The van der Waals surface area contributed by atoms with Crippen molar-refractivity contribution < 1.29 is 44.5 Å². The molecular formula is C2H4Cl2O2Zn2. The Morgan fingerprint density at radius 3 is 1.62 bits per heavy atom. The fourth-order valence-corrected chi connectivity index (χ4v) is 0. The molecule has 0 aromatic carbocycles. The standard InChI is InChI=1S/C2H4O2.2ClH.2Zn/c1-2(3)4;;;;/h1H3,(H,3,4);2*1H;;/q;;;;+2/p-2. The second-order valence-electron chi connectivity index (χ2n) is 0.620. The molecule has 0 spiro atoms. The molecule has 0 rings (SSSR count). The summed E-state index contributed by atoms with van der Waals surface area (Å²) in [4.78, 5) is 9.00. The third-order valence-electron chi connectivity index (χ3n) is 0. The van der Waals surface area contributed by atoms with Crippen LogP contribution in [0.3, 0.4) is 0 Å². The van der Waals surface area contributed by atoms with Gasteiger partial charge in [0.15, 0.2) is 0 Å². The van der Waals surface area contributed by atoms with E-state index in [1.54, 1.807) is 0 Å². The van der Waals surface area contributed by atoms with Crippen LogP contribution in [-0.2, 0) is 39.4 Å². The number of hydrogen-bond acceptors (Lipinski definition) is 1. The normalized spacial score (nSPS) is 4.38. The molecule has 0 saturated heterocycles. The van der Waals surface area contributed by atoms with Crippen molar-refractivity contribution in [2.75, 3.05) is 0 Å². The van der Waals surface area contributed by atoms with Gasteiger partial charge in [-0.25, -0.2) is 0 Å². The van der Waals surface area contributed by atoms with E-state index in [9.17, 15) is 0 Å². The molecule has 8 heavy (non-hydrogen) atoms. The Kier molecular flexibility index (Phi) is 31.8. The first-order valence-corrected chi connectivity index (χ1v) is 9.26. The van der Waals surface area contributed by atoms with Crippen LogP contribution < -0.4 is 0 Å². The van der Waals surface area contributed by atoms with E-state index in [4.69, 9.17) is 29.3 Å². The minimum Gasteiger partial charge on any atom is 0 e. The first kappa shape index (κ1) is 16.1. The van der Waals surface area contributed by atoms with Crippen molar-refractivity contribution in [3.05, 3.63) is 0 Å². The molecule has 0 amide bonds. The summed E-state index contributed by atoms with van der Waals surface area (Å²) in [5.74, 6) is -0.833. The predicted octanol–water partition coefficient (Wildman–Crippen LogP) is 1.46. The average Bonchev–Trinajstić information content (AvgIpc) is 1.33. The Morgan fingerprint density at radius 1 is 1.62 bits per heavy atom. The van der Waals surface area contributed by atoms with E-state index in [-0.39, 0.29) is 19.5 Å². The Balaban J connectivity index is -0.0000000575. The molecule has 0 heterocycles. The maximum Gasteiger partial charge on any atom is 0 e. The summed E-state index contributed by atoms with van der Waals surface area (Å²) < 4.78 is 0. The second kappa shape index (κ2) is 15.7. The zero-order valence-electron chi connectivity index (χ0n) is 4.53. The van der Waals surface area contributed by atoms with Crippen LogP contribution >= 0.6 is 19.4 Å². The van der Waals surface area contributed by atoms with Crippen molar-refractivity contribution in [1.82, 2.24) is 0 Å². The van der Waals surface area contributed by atoms with E-state index < -0.39 is 21.1 Å². The van der Waals surface area contributed by atoms with Crippen molar-refractivity contribution in [3.63, 3.8) is 0 Å². The van der Waals surface area contributed by atoms with Gasteiger partial charge in [0.25, 0.3) is 5.97 Å². The minimum atomic E-state index is -0.931. The van der Waals surface area contributed by atoms with Crippen molar-refractivity contribution in [3.8, 4) is 0 Å². The zero-order valence-corrected chi connectivity index (χ0v) is 12.0. The van der Waals surface area contributed by atoms with E-state index in [1.165, 1.54) is 0 Å². The molecule has 0 aromatic heterocycles. The van der Waals surface area contributed by atoms with Crippen LogP contribution in [0.25, 0.3) is 0 Å². The van der Waals surface area contributed by atoms with Gasteiger partial charge in [-0.3, -0.25) is 4.79 Å². The quantitative estimate of drug-likeness (QED) is 0.671. The molecule has 0 unspecified atom stereocenters. The van der Waals surface area contributed by atoms with Gasteiger partial charge in [0, 0.05) is 26.4 Å². The van der Waals surface area contributed by atoms with Gasteiger partial charge in [0.2, 0.25) is 0 Å². The van der Waals surface area contributed by atoms with Crippen LogP contribution in [0.1, 0.15) is 6.92 Å². The largest absolute Gasteiger partial charge is 0 e. The molecule has 0 radical (unpaired) electrons. The second-order valence-corrected chi connectivity index (χ2v) is 5.24. The molecule has 0 atom stereocenters. The van der Waals surface area contributed by atoms with Crippen LogP contribution in [-0.4, -0.2) is 11.1 Å². The molecule has 0 aliphatic rings. The third kappa shape index (κ3) is 172. The van der Waals surface area contributed by atoms with Gasteiger partial charge >= 0.3 is 34.5 Å². The van der Waals surface area contributed by atoms with E-state index in [2.05, 4.69) is 0 Å². The van der Waals surface area contributed by atoms with Crippen LogP contribution in [0.15, 0.2) is 0 Å². The number of aliphatic carboxylic acids is 1. The number of halogens is 2. The number of carboxylic acid groups (broad SMARTS) is 1. The number of carboxylic acids is 1. The first-order valence-electron chi connectivity index (χ1n) is 1.46. The SMILES string of the molecule is CC(=O)O.[Cl][Zn][Cl].[Zn]. The molecule has 0 saturated carbocycles. The third-order valence-corrected chi connectivity index (χ3v) is 0. The summed E-state index contributed by atoms with van der Waals surface area (Å²) in [7, 11) is 9.90. The first-order chi connectivity index (χ1) is 3.15. The Labute approximate surface area is 76.4 Å². The maximum absolute atomic E-state index is 9.00. The average molecular weight is 262 g/mol. The molecule has 6 heteroatoms. The molecule has 0 aliphatic heterocycles. The summed E-state index contributed by atoms with van der Waals surface area (Å²) in [6.45, 7) is 1.08. The monoisotopic (exact) mass is 258 g/mol. The summed E-state index contributed by atoms with van der Waals surface area (Å²) in [5.41, 5.74) is 0. The van der Waals surface area contributed by atoms with E-state index in [0.29, 0.717) is 0 Å². The fourth-order valence-electron chi connectivity index (χ4n) is 0. The summed E-state index contributed by atoms with van der Waals surface area (Å²) >= 11 is -0.931. The number of rotatable bonds is 0. The van der Waals surface area contributed by atoms with Crippen molar-refractivity contribution in [2.24, 2.45) is 0 Å². The number of hydrogen-bond donors (Lipinski definition) is 1. The number of carbonyl (C=O) groups is 1. The fraction of sp³-hybridized carbons (Fsp3) is 0.500.